The van der Waals surface area contributed by atoms with E-state index in [1.54, 1.807) is 10.9 Å². The van der Waals surface area contributed by atoms with Crippen LogP contribution in [0.15, 0.2) is 30.5 Å². The Morgan fingerprint density at radius 3 is 2.57 bits per heavy atom. The summed E-state index contributed by atoms with van der Waals surface area (Å²) in [5.41, 5.74) is -0.0929. The molecule has 2 fully saturated rings. The molecule has 9 nitrogen and oxygen atoms in total. The lowest BCUT2D eigenvalue weighted by atomic mass is 9.84. The lowest BCUT2D eigenvalue weighted by Crippen LogP contribution is -2.57. The minimum Gasteiger partial charge on any atom is -0.479 e. The van der Waals surface area contributed by atoms with Gasteiger partial charge in [0.05, 0.1) is 12.3 Å². The number of halogens is 3. The van der Waals surface area contributed by atoms with Crippen molar-refractivity contribution in [2.24, 2.45) is 0 Å². The molecule has 37 heavy (non-hydrogen) atoms. The van der Waals surface area contributed by atoms with Crippen LogP contribution in [0.3, 0.4) is 0 Å². The summed E-state index contributed by atoms with van der Waals surface area (Å²) in [5, 5.41) is 16.7. The molecular weight excluding hydrogens is 510 g/mol. The van der Waals surface area contributed by atoms with Crippen molar-refractivity contribution >= 4 is 29.2 Å². The third-order valence-corrected chi connectivity index (χ3v) is 7.40. The summed E-state index contributed by atoms with van der Waals surface area (Å²) in [6, 6.07) is 6.10. The van der Waals surface area contributed by atoms with E-state index in [1.807, 2.05) is 19.9 Å². The lowest BCUT2D eigenvalue weighted by Gasteiger charge is -2.45. The molecule has 3 heterocycles. The van der Waals surface area contributed by atoms with Gasteiger partial charge in [0.25, 0.3) is 5.91 Å². The second-order valence-electron chi connectivity index (χ2n) is 9.75. The van der Waals surface area contributed by atoms with Gasteiger partial charge >= 0.3 is 12.6 Å². The Balaban J connectivity index is 1.58. The van der Waals surface area contributed by atoms with Crippen molar-refractivity contribution in [3.05, 3.63) is 41.2 Å². The number of aromatic nitrogens is 2. The van der Waals surface area contributed by atoms with E-state index in [4.69, 9.17) is 16.3 Å². The third kappa shape index (κ3) is 5.89. The predicted octanol–water partition coefficient (Wildman–Crippen LogP) is 4.32. The van der Waals surface area contributed by atoms with E-state index in [2.05, 4.69) is 20.1 Å². The molecule has 2 atom stereocenters. The van der Waals surface area contributed by atoms with Gasteiger partial charge < -0.3 is 19.9 Å². The van der Waals surface area contributed by atoms with Gasteiger partial charge in [-0.15, -0.1) is 0 Å². The fourth-order valence-corrected chi connectivity index (χ4v) is 5.32. The molecule has 0 spiro atoms. The Hall–Kier alpha value is -2.76. The quantitative estimate of drug-likeness (QED) is 0.513. The number of ether oxygens (including phenoxy) is 2. The maximum atomic E-state index is 13.9. The molecule has 2 aliphatic rings. The number of carbonyl (C=O) groups excluding carboxylic acids is 1. The Kier molecular flexibility index (Phi) is 8.35. The summed E-state index contributed by atoms with van der Waals surface area (Å²) in [4.78, 5) is 27.4. The van der Waals surface area contributed by atoms with E-state index in [0.717, 1.165) is 5.69 Å². The lowest BCUT2D eigenvalue weighted by molar-refractivity contribution is -0.156. The van der Waals surface area contributed by atoms with Gasteiger partial charge in [-0.3, -0.25) is 14.4 Å². The highest BCUT2D eigenvalue weighted by Crippen LogP contribution is 2.37. The molecule has 2 unspecified atom stereocenters. The molecule has 2 saturated heterocycles. The predicted molar refractivity (Wildman–Crippen MR) is 132 cm³/mol. The van der Waals surface area contributed by atoms with Gasteiger partial charge in [-0.25, -0.2) is 4.79 Å². The Bertz CT molecular complexity index is 1110. The van der Waals surface area contributed by atoms with Crippen molar-refractivity contribution in [2.45, 2.75) is 69.7 Å². The fourth-order valence-electron chi connectivity index (χ4n) is 5.15. The molecule has 4 rings (SSSR count). The molecule has 2 N–H and O–H groups in total. The Labute approximate surface area is 218 Å². The zero-order chi connectivity index (χ0) is 26.7. The number of aliphatic carboxylic acids is 1. The zero-order valence-electron chi connectivity index (χ0n) is 20.7. The van der Waals surface area contributed by atoms with Gasteiger partial charge in [0.15, 0.2) is 11.9 Å². The summed E-state index contributed by atoms with van der Waals surface area (Å²) in [7, 11) is 0. The normalized spacial score (nSPS) is 22.2. The molecule has 0 bridgehead atoms. The molecule has 0 radical (unpaired) electrons. The van der Waals surface area contributed by atoms with Crippen molar-refractivity contribution in [2.75, 3.05) is 25.0 Å². The number of carboxylic acids is 1. The first-order chi connectivity index (χ1) is 17.6. The average Bonchev–Trinajstić information content (AvgIpc) is 3.36. The number of likely N-dealkylation sites (tertiary alicyclic amines) is 1. The highest BCUT2D eigenvalue weighted by molar-refractivity contribution is 6.30. The minimum absolute atomic E-state index is 0.0566. The van der Waals surface area contributed by atoms with E-state index in [-0.39, 0.29) is 34.3 Å². The molecule has 1 aromatic heterocycles. The van der Waals surface area contributed by atoms with Crippen LogP contribution in [0.4, 0.5) is 14.5 Å². The summed E-state index contributed by atoms with van der Waals surface area (Å²) in [6.07, 6.45) is 2.82. The van der Waals surface area contributed by atoms with Crippen LogP contribution in [0.25, 0.3) is 0 Å². The molecule has 2 aliphatic heterocycles. The molecule has 2 aromatic rings. The summed E-state index contributed by atoms with van der Waals surface area (Å²) in [6.45, 7) is 2.37. The van der Waals surface area contributed by atoms with Crippen molar-refractivity contribution in [3.8, 4) is 5.75 Å². The average molecular weight is 541 g/mol. The van der Waals surface area contributed by atoms with Crippen LogP contribution in [0.1, 0.15) is 51.1 Å². The van der Waals surface area contributed by atoms with Crippen LogP contribution in [0.2, 0.25) is 5.02 Å². The van der Waals surface area contributed by atoms with Crippen LogP contribution in [0.5, 0.6) is 5.75 Å². The molecule has 202 valence electrons. The molecule has 0 aliphatic carbocycles. The first kappa shape index (κ1) is 27.3. The van der Waals surface area contributed by atoms with E-state index < -0.39 is 24.2 Å². The molecule has 1 amide bonds. The first-order valence-corrected chi connectivity index (χ1v) is 12.7. The molecule has 0 saturated carbocycles. The Morgan fingerprint density at radius 2 is 1.97 bits per heavy atom. The highest BCUT2D eigenvalue weighted by atomic mass is 35.5. The maximum Gasteiger partial charge on any atom is 0.387 e. The standard InChI is InChI=1S/C25H31ClF2N4O5/c1-15(2)19-7-10-29-32(19)25(23(35)30-18-5-3-16(26)13-21(18)37-24(27)28)8-11-31(12-9-25)17-4-6-20(22(33)34)36-14-17/h3,5,7,10,13,15,17,20,24H,4,6,8-9,11-12,14H2,1-2H3,(H,30,35)(H,33,34). The number of piperidine rings is 1. The third-order valence-electron chi connectivity index (χ3n) is 7.17. The molecule has 12 heteroatoms. The maximum absolute atomic E-state index is 13.9. The first-order valence-electron chi connectivity index (χ1n) is 12.3. The number of benzene rings is 1. The van der Waals surface area contributed by atoms with Crippen LogP contribution >= 0.6 is 11.6 Å². The highest BCUT2D eigenvalue weighted by Gasteiger charge is 2.46. The molecule has 1 aromatic carbocycles. The van der Waals surface area contributed by atoms with E-state index in [9.17, 15) is 23.5 Å². The Morgan fingerprint density at radius 1 is 1.24 bits per heavy atom. The number of anilines is 1. The number of hydrogen-bond acceptors (Lipinski definition) is 6. The van der Waals surface area contributed by atoms with E-state index >= 15 is 0 Å². The number of nitrogens with zero attached hydrogens (tertiary/aromatic N) is 3. The fraction of sp³-hybridized carbons (Fsp3) is 0.560. The second kappa shape index (κ2) is 11.3. The number of rotatable bonds is 8. The van der Waals surface area contributed by atoms with Gasteiger partial charge in [-0.2, -0.15) is 13.9 Å². The number of carboxylic acid groups (broad SMARTS) is 1. The van der Waals surface area contributed by atoms with E-state index in [0.29, 0.717) is 45.4 Å². The van der Waals surface area contributed by atoms with Crippen LogP contribution < -0.4 is 10.1 Å². The number of amides is 1. The van der Waals surface area contributed by atoms with Gasteiger partial charge in [0, 0.05) is 42.1 Å². The van der Waals surface area contributed by atoms with Crippen LogP contribution in [-0.4, -0.2) is 70.1 Å². The molecular formula is C25H31ClF2N4O5. The van der Waals surface area contributed by atoms with Gasteiger partial charge in [0.1, 0.15) is 5.54 Å². The smallest absolute Gasteiger partial charge is 0.387 e. The monoisotopic (exact) mass is 540 g/mol. The van der Waals surface area contributed by atoms with Crippen LogP contribution in [0, 0.1) is 0 Å². The van der Waals surface area contributed by atoms with Crippen molar-refractivity contribution in [3.63, 3.8) is 0 Å². The van der Waals surface area contributed by atoms with E-state index in [1.165, 1.54) is 18.2 Å². The van der Waals surface area contributed by atoms with Gasteiger partial charge in [0.2, 0.25) is 0 Å². The summed E-state index contributed by atoms with van der Waals surface area (Å²) in [5.74, 6) is -1.46. The van der Waals surface area contributed by atoms with Crippen LogP contribution in [-0.2, 0) is 19.9 Å². The zero-order valence-corrected chi connectivity index (χ0v) is 21.5. The number of carbonyl (C=O) groups is 2. The summed E-state index contributed by atoms with van der Waals surface area (Å²) < 4.78 is 37.9. The topological polar surface area (TPSA) is 106 Å². The SMILES string of the molecule is CC(C)c1ccnn1C1(C(=O)Nc2ccc(Cl)cc2OC(F)F)CCN(C2CCC(C(=O)O)OC2)CC1. The number of hydrogen-bond donors (Lipinski definition) is 2. The minimum atomic E-state index is -3.08. The van der Waals surface area contributed by atoms with Gasteiger partial charge in [-0.1, -0.05) is 25.4 Å². The van der Waals surface area contributed by atoms with Crippen molar-refractivity contribution in [1.82, 2.24) is 14.7 Å². The van der Waals surface area contributed by atoms with Crippen molar-refractivity contribution < 1.29 is 33.0 Å². The van der Waals surface area contributed by atoms with Crippen molar-refractivity contribution in [1.29, 1.82) is 0 Å². The largest absolute Gasteiger partial charge is 0.479 e. The van der Waals surface area contributed by atoms with Gasteiger partial charge in [-0.05, 0) is 49.8 Å². The summed E-state index contributed by atoms with van der Waals surface area (Å²) >= 11 is 5.97. The number of nitrogens with one attached hydrogen (secondary N) is 1. The number of alkyl halides is 2. The second-order valence-corrected chi connectivity index (χ2v) is 10.2.